The number of hydrogen-bond donors (Lipinski definition) is 1. The van der Waals surface area contributed by atoms with E-state index in [2.05, 4.69) is 65.2 Å². The summed E-state index contributed by atoms with van der Waals surface area (Å²) in [6.07, 6.45) is 4.58. The number of benzene rings is 2. The van der Waals surface area contributed by atoms with Crippen molar-refractivity contribution in [1.82, 2.24) is 9.80 Å². The van der Waals surface area contributed by atoms with Gasteiger partial charge in [0.05, 0.1) is 18.4 Å². The minimum atomic E-state index is -0.697. The molecule has 2 aromatic rings. The predicted molar refractivity (Wildman–Crippen MR) is 147 cm³/mol. The molecule has 7 heteroatoms. The van der Waals surface area contributed by atoms with E-state index in [4.69, 9.17) is 9.57 Å². The average Bonchev–Trinajstić information content (AvgIpc) is 3.63. The van der Waals surface area contributed by atoms with E-state index in [0.717, 1.165) is 50.7 Å². The molecule has 202 valence electrons. The Labute approximate surface area is 225 Å². The quantitative estimate of drug-likeness (QED) is 0.529. The van der Waals surface area contributed by atoms with Gasteiger partial charge in [0.1, 0.15) is 11.6 Å². The van der Waals surface area contributed by atoms with Crippen LogP contribution >= 0.6 is 0 Å². The zero-order valence-corrected chi connectivity index (χ0v) is 22.8. The monoisotopic (exact) mass is 517 g/mol. The number of rotatable bonds is 7. The van der Waals surface area contributed by atoms with Crippen LogP contribution in [0.25, 0.3) is 11.1 Å². The van der Waals surface area contributed by atoms with Crippen molar-refractivity contribution >= 4 is 11.8 Å². The van der Waals surface area contributed by atoms with Crippen molar-refractivity contribution in [2.75, 3.05) is 32.8 Å². The third-order valence-electron chi connectivity index (χ3n) is 8.85. The van der Waals surface area contributed by atoms with Gasteiger partial charge in [0.15, 0.2) is 5.60 Å². The summed E-state index contributed by atoms with van der Waals surface area (Å²) in [5, 5.41) is 14.0. The van der Waals surface area contributed by atoms with Crippen LogP contribution in [-0.2, 0) is 16.2 Å². The Morgan fingerprint density at radius 3 is 2.50 bits per heavy atom. The Morgan fingerprint density at radius 1 is 1.16 bits per heavy atom. The molecule has 2 saturated heterocycles. The number of nitrogens with zero attached hydrogens (tertiary/aromatic N) is 3. The van der Waals surface area contributed by atoms with Gasteiger partial charge in [-0.05, 0) is 75.1 Å². The van der Waals surface area contributed by atoms with Crippen molar-refractivity contribution in [1.29, 1.82) is 0 Å². The SMILES string of the molecule is CCOc1cc(CN2CC3(CC(N4CCC(C)(C(=O)O)CC4)=NO3)C2)cc(C2CC2)c1-c1ccc(C)cc1. The molecule has 3 fully saturated rings. The van der Waals surface area contributed by atoms with Crippen LogP contribution in [0.3, 0.4) is 0 Å². The first-order chi connectivity index (χ1) is 18.3. The maximum Gasteiger partial charge on any atom is 0.309 e. The molecule has 0 aromatic heterocycles. The lowest BCUT2D eigenvalue weighted by Crippen LogP contribution is -2.61. The second-order valence-corrected chi connectivity index (χ2v) is 12.1. The van der Waals surface area contributed by atoms with Crippen LogP contribution in [0, 0.1) is 12.3 Å². The summed E-state index contributed by atoms with van der Waals surface area (Å²) in [5.41, 5.74) is 5.61. The summed E-state index contributed by atoms with van der Waals surface area (Å²) < 4.78 is 6.21. The second-order valence-electron chi connectivity index (χ2n) is 12.1. The maximum absolute atomic E-state index is 11.6. The molecule has 1 saturated carbocycles. The van der Waals surface area contributed by atoms with Gasteiger partial charge in [0.2, 0.25) is 0 Å². The fraction of sp³-hybridized carbons (Fsp3) is 0.548. The number of amidine groups is 1. The van der Waals surface area contributed by atoms with E-state index in [0.29, 0.717) is 25.4 Å². The molecule has 0 radical (unpaired) electrons. The van der Waals surface area contributed by atoms with Crippen LogP contribution in [0.15, 0.2) is 41.6 Å². The van der Waals surface area contributed by atoms with E-state index in [-0.39, 0.29) is 5.60 Å². The molecular formula is C31H39N3O4. The number of piperidine rings is 1. The van der Waals surface area contributed by atoms with Crippen molar-refractivity contribution < 1.29 is 19.5 Å². The lowest BCUT2D eigenvalue weighted by Gasteiger charge is -2.45. The molecule has 0 amide bonds. The first-order valence-electron chi connectivity index (χ1n) is 14.1. The maximum atomic E-state index is 11.6. The summed E-state index contributed by atoms with van der Waals surface area (Å²) in [6, 6.07) is 13.4. The highest BCUT2D eigenvalue weighted by molar-refractivity contribution is 5.85. The van der Waals surface area contributed by atoms with Gasteiger partial charge in [-0.3, -0.25) is 9.69 Å². The molecular weight excluding hydrogens is 478 g/mol. The van der Waals surface area contributed by atoms with Crippen LogP contribution in [0.2, 0.25) is 0 Å². The number of ether oxygens (including phenoxy) is 1. The molecule has 0 atom stereocenters. The number of carbonyl (C=O) groups is 1. The van der Waals surface area contributed by atoms with E-state index >= 15 is 0 Å². The van der Waals surface area contributed by atoms with Gasteiger partial charge in [-0.2, -0.15) is 0 Å². The number of hydrogen-bond acceptors (Lipinski definition) is 6. The van der Waals surface area contributed by atoms with Crippen LogP contribution in [0.1, 0.15) is 68.6 Å². The van der Waals surface area contributed by atoms with Crippen molar-refractivity contribution in [3.05, 3.63) is 53.1 Å². The molecule has 3 aliphatic heterocycles. The average molecular weight is 518 g/mol. The molecule has 7 nitrogen and oxygen atoms in total. The van der Waals surface area contributed by atoms with E-state index in [1.165, 1.54) is 40.7 Å². The van der Waals surface area contributed by atoms with E-state index < -0.39 is 11.4 Å². The van der Waals surface area contributed by atoms with Gasteiger partial charge in [-0.15, -0.1) is 0 Å². The largest absolute Gasteiger partial charge is 0.493 e. The fourth-order valence-corrected chi connectivity index (χ4v) is 6.25. The normalized spacial score (nSPS) is 22.1. The highest BCUT2D eigenvalue weighted by Crippen LogP contribution is 2.48. The van der Waals surface area contributed by atoms with Gasteiger partial charge < -0.3 is 19.6 Å². The Bertz CT molecular complexity index is 1240. The van der Waals surface area contributed by atoms with E-state index in [9.17, 15) is 9.90 Å². The molecule has 1 spiro atoms. The minimum absolute atomic E-state index is 0.243. The van der Waals surface area contributed by atoms with Gasteiger partial charge >= 0.3 is 5.97 Å². The molecule has 6 rings (SSSR count). The summed E-state index contributed by atoms with van der Waals surface area (Å²) in [6.45, 7) is 10.7. The molecule has 4 aliphatic rings. The van der Waals surface area contributed by atoms with Crippen molar-refractivity contribution in [2.24, 2.45) is 10.6 Å². The summed E-state index contributed by atoms with van der Waals surface area (Å²) in [7, 11) is 0. The first kappa shape index (κ1) is 25.2. The zero-order chi connectivity index (χ0) is 26.5. The third-order valence-corrected chi connectivity index (χ3v) is 8.85. The molecule has 38 heavy (non-hydrogen) atoms. The summed E-state index contributed by atoms with van der Waals surface area (Å²) in [4.78, 5) is 22.2. The summed E-state index contributed by atoms with van der Waals surface area (Å²) >= 11 is 0. The van der Waals surface area contributed by atoms with Gasteiger partial charge in [-0.1, -0.05) is 41.1 Å². The fourth-order valence-electron chi connectivity index (χ4n) is 6.25. The van der Waals surface area contributed by atoms with Gasteiger partial charge in [0.25, 0.3) is 0 Å². The van der Waals surface area contributed by atoms with Gasteiger partial charge in [-0.25, -0.2) is 0 Å². The number of carboxylic acid groups (broad SMARTS) is 1. The minimum Gasteiger partial charge on any atom is -0.493 e. The lowest BCUT2D eigenvalue weighted by molar-refractivity contribution is -0.150. The van der Waals surface area contributed by atoms with Crippen molar-refractivity contribution in [3.63, 3.8) is 0 Å². The van der Waals surface area contributed by atoms with Crippen molar-refractivity contribution in [3.8, 4) is 16.9 Å². The Hall–Kier alpha value is -3.06. The number of oxime groups is 1. The van der Waals surface area contributed by atoms with Gasteiger partial charge in [0, 0.05) is 38.3 Å². The number of likely N-dealkylation sites (tertiary alicyclic amines) is 2. The Morgan fingerprint density at radius 2 is 1.87 bits per heavy atom. The lowest BCUT2D eigenvalue weighted by atomic mass is 9.80. The van der Waals surface area contributed by atoms with Crippen LogP contribution < -0.4 is 4.74 Å². The number of aliphatic carboxylic acids is 1. The van der Waals surface area contributed by atoms with E-state index in [1.54, 1.807) is 0 Å². The number of aryl methyl sites for hydroxylation is 1. The smallest absolute Gasteiger partial charge is 0.309 e. The molecule has 1 aliphatic carbocycles. The third kappa shape index (κ3) is 4.77. The Balaban J connectivity index is 1.12. The number of carboxylic acids is 1. The topological polar surface area (TPSA) is 74.6 Å². The predicted octanol–water partition coefficient (Wildman–Crippen LogP) is 5.41. The second kappa shape index (κ2) is 9.60. The van der Waals surface area contributed by atoms with E-state index in [1.807, 2.05) is 6.92 Å². The molecule has 0 unspecified atom stereocenters. The Kier molecular flexibility index (Phi) is 6.37. The summed E-state index contributed by atoms with van der Waals surface area (Å²) in [5.74, 6) is 1.90. The molecule has 2 aromatic carbocycles. The van der Waals surface area contributed by atoms with Crippen LogP contribution in [0.4, 0.5) is 0 Å². The van der Waals surface area contributed by atoms with Crippen LogP contribution in [-0.4, -0.2) is 65.1 Å². The highest BCUT2D eigenvalue weighted by Gasteiger charge is 2.51. The first-order valence-corrected chi connectivity index (χ1v) is 14.1. The highest BCUT2D eigenvalue weighted by atomic mass is 16.7. The molecule has 1 N–H and O–H groups in total. The molecule has 3 heterocycles. The standard InChI is InChI=1S/C31H39N3O4/c1-4-37-26-16-22(15-25(23-9-10-23)28(26)24-7-5-21(2)6-8-24)18-33-19-31(20-33)17-27(32-38-31)34-13-11-30(3,12-14-34)29(35)36/h5-8,15-16,23H,4,9-14,17-20H2,1-3H3,(H,35,36). The zero-order valence-electron chi connectivity index (χ0n) is 22.8. The molecule has 0 bridgehead atoms. The van der Waals surface area contributed by atoms with Crippen LogP contribution in [0.5, 0.6) is 5.75 Å². The van der Waals surface area contributed by atoms with Crippen molar-refractivity contribution in [2.45, 2.75) is 70.9 Å².